The number of carbonyl (C=O) groups is 1. The molecule has 3 N–H and O–H groups in total. The first-order valence-corrected chi connectivity index (χ1v) is 4.21. The molecular formula is C10H15NO3. The van der Waals surface area contributed by atoms with Crippen LogP contribution in [0.25, 0.3) is 0 Å². The van der Waals surface area contributed by atoms with Crippen LogP contribution in [0.2, 0.25) is 0 Å². The maximum atomic E-state index is 10.7. The van der Waals surface area contributed by atoms with Gasteiger partial charge in [-0.15, -0.1) is 0 Å². The third-order valence-corrected chi connectivity index (χ3v) is 1.37. The minimum Gasteiger partial charge on any atom is -0.496 e. The smallest absolute Gasteiger partial charge is 0.252 e. The summed E-state index contributed by atoms with van der Waals surface area (Å²) in [6.07, 6.45) is 0. The normalized spacial score (nSPS) is 8.50. The number of ether oxygens (including phenoxy) is 1. The third kappa shape index (κ3) is 3.91. The monoisotopic (exact) mass is 197 g/mol. The molecule has 4 nitrogen and oxygen atoms in total. The summed E-state index contributed by atoms with van der Waals surface area (Å²) < 4.78 is 4.91. The van der Waals surface area contributed by atoms with Gasteiger partial charge in [-0.25, -0.2) is 0 Å². The van der Waals surface area contributed by atoms with Gasteiger partial charge < -0.3 is 15.6 Å². The standard InChI is InChI=1S/C8H9NO2.C2H6O/c1-11-7-5-3-2-4-6(7)8(9)10;1-2-3/h2-5H,1H3,(H2,9,10);3H,2H2,1H3. The lowest BCUT2D eigenvalue weighted by Crippen LogP contribution is -2.11. The van der Waals surface area contributed by atoms with Gasteiger partial charge in [0.15, 0.2) is 0 Å². The Morgan fingerprint density at radius 1 is 1.50 bits per heavy atom. The molecule has 0 heterocycles. The lowest BCUT2D eigenvalue weighted by molar-refractivity contribution is 0.0997. The number of carbonyl (C=O) groups excluding carboxylic acids is 1. The number of nitrogens with two attached hydrogens (primary N) is 1. The number of amides is 1. The molecule has 14 heavy (non-hydrogen) atoms. The molecule has 1 aromatic rings. The van der Waals surface area contributed by atoms with Gasteiger partial charge in [-0.1, -0.05) is 12.1 Å². The molecule has 0 atom stereocenters. The van der Waals surface area contributed by atoms with Gasteiger partial charge in [0.25, 0.3) is 5.91 Å². The van der Waals surface area contributed by atoms with E-state index in [1.165, 1.54) is 7.11 Å². The van der Waals surface area contributed by atoms with E-state index >= 15 is 0 Å². The number of aliphatic hydroxyl groups excluding tert-OH is 1. The van der Waals surface area contributed by atoms with Crippen molar-refractivity contribution in [1.29, 1.82) is 0 Å². The molecule has 0 fully saturated rings. The molecule has 0 saturated carbocycles. The van der Waals surface area contributed by atoms with Crippen LogP contribution in [0.1, 0.15) is 17.3 Å². The molecule has 1 aromatic carbocycles. The SMILES string of the molecule is CCO.COc1ccccc1C(N)=O. The van der Waals surface area contributed by atoms with Gasteiger partial charge in [0.2, 0.25) is 0 Å². The molecule has 0 radical (unpaired) electrons. The summed E-state index contributed by atoms with van der Waals surface area (Å²) in [6, 6.07) is 6.84. The Morgan fingerprint density at radius 3 is 2.36 bits per heavy atom. The van der Waals surface area contributed by atoms with E-state index in [4.69, 9.17) is 15.6 Å². The Balaban J connectivity index is 0.000000500. The topological polar surface area (TPSA) is 72.6 Å². The number of rotatable bonds is 2. The van der Waals surface area contributed by atoms with Gasteiger partial charge in [-0.2, -0.15) is 0 Å². The number of aliphatic hydroxyl groups is 1. The fourth-order valence-corrected chi connectivity index (χ4v) is 0.848. The van der Waals surface area contributed by atoms with Gasteiger partial charge in [0, 0.05) is 6.61 Å². The molecule has 0 unspecified atom stereocenters. The van der Waals surface area contributed by atoms with Gasteiger partial charge in [0.05, 0.1) is 12.7 Å². The highest BCUT2D eigenvalue weighted by atomic mass is 16.5. The van der Waals surface area contributed by atoms with Crippen molar-refractivity contribution >= 4 is 5.91 Å². The highest BCUT2D eigenvalue weighted by molar-refractivity contribution is 5.95. The Labute approximate surface area is 83.3 Å². The number of para-hydroxylation sites is 1. The van der Waals surface area contributed by atoms with Crippen LogP contribution < -0.4 is 10.5 Å². The van der Waals surface area contributed by atoms with Crippen LogP contribution in [-0.2, 0) is 0 Å². The van der Waals surface area contributed by atoms with Crippen LogP contribution in [0, 0.1) is 0 Å². The highest BCUT2D eigenvalue weighted by Crippen LogP contribution is 2.15. The van der Waals surface area contributed by atoms with E-state index in [1.807, 2.05) is 0 Å². The second-order valence-electron chi connectivity index (χ2n) is 2.38. The van der Waals surface area contributed by atoms with E-state index in [1.54, 1.807) is 31.2 Å². The Morgan fingerprint density at radius 2 is 2.00 bits per heavy atom. The van der Waals surface area contributed by atoms with E-state index in [0.717, 1.165) is 0 Å². The zero-order valence-corrected chi connectivity index (χ0v) is 8.36. The second-order valence-corrected chi connectivity index (χ2v) is 2.38. The van der Waals surface area contributed by atoms with Crippen LogP contribution in [0.5, 0.6) is 5.75 Å². The first kappa shape index (κ1) is 12.4. The molecule has 4 heteroatoms. The summed E-state index contributed by atoms with van der Waals surface area (Å²) >= 11 is 0. The molecule has 0 aromatic heterocycles. The minimum absolute atomic E-state index is 0.250. The van der Waals surface area contributed by atoms with E-state index in [9.17, 15) is 4.79 Å². The molecule has 0 aliphatic carbocycles. The second kappa shape index (κ2) is 6.91. The molecule has 0 spiro atoms. The van der Waals surface area contributed by atoms with Crippen LogP contribution in [-0.4, -0.2) is 24.7 Å². The average Bonchev–Trinajstić information content (AvgIpc) is 2.19. The molecular weight excluding hydrogens is 182 g/mol. The average molecular weight is 197 g/mol. The first-order chi connectivity index (χ1) is 6.67. The zero-order valence-electron chi connectivity index (χ0n) is 8.36. The summed E-state index contributed by atoms with van der Waals surface area (Å²) in [4.78, 5) is 10.7. The number of primary amides is 1. The maximum absolute atomic E-state index is 10.7. The molecule has 0 aliphatic rings. The third-order valence-electron chi connectivity index (χ3n) is 1.37. The van der Waals surface area contributed by atoms with Crippen molar-refractivity contribution in [3.8, 4) is 5.75 Å². The molecule has 0 aliphatic heterocycles. The molecule has 0 saturated heterocycles. The maximum Gasteiger partial charge on any atom is 0.252 e. The van der Waals surface area contributed by atoms with Crippen LogP contribution in [0.3, 0.4) is 0 Å². The lowest BCUT2D eigenvalue weighted by Gasteiger charge is -2.02. The summed E-state index contributed by atoms with van der Waals surface area (Å²) in [5.41, 5.74) is 5.48. The fraction of sp³-hybridized carbons (Fsp3) is 0.300. The number of hydrogen-bond acceptors (Lipinski definition) is 3. The first-order valence-electron chi connectivity index (χ1n) is 4.21. The van der Waals surface area contributed by atoms with Crippen molar-refractivity contribution in [3.05, 3.63) is 29.8 Å². The predicted molar refractivity (Wildman–Crippen MR) is 54.3 cm³/mol. The zero-order chi connectivity index (χ0) is 11.0. The Hall–Kier alpha value is -1.55. The van der Waals surface area contributed by atoms with Crippen molar-refractivity contribution in [1.82, 2.24) is 0 Å². The van der Waals surface area contributed by atoms with Gasteiger partial charge in [0.1, 0.15) is 5.75 Å². The van der Waals surface area contributed by atoms with Crippen molar-refractivity contribution in [2.45, 2.75) is 6.92 Å². The highest BCUT2D eigenvalue weighted by Gasteiger charge is 2.05. The van der Waals surface area contributed by atoms with E-state index in [2.05, 4.69) is 0 Å². The molecule has 0 bridgehead atoms. The Bertz CT molecular complexity index is 286. The molecule has 1 rings (SSSR count). The summed E-state index contributed by atoms with van der Waals surface area (Å²) in [6.45, 7) is 1.93. The van der Waals surface area contributed by atoms with E-state index in [0.29, 0.717) is 11.3 Å². The van der Waals surface area contributed by atoms with Crippen molar-refractivity contribution in [3.63, 3.8) is 0 Å². The minimum atomic E-state index is -0.470. The summed E-state index contributed by atoms with van der Waals surface area (Å²) in [5.74, 6) is 0.0439. The summed E-state index contributed by atoms with van der Waals surface area (Å²) in [5, 5.41) is 7.57. The fourth-order valence-electron chi connectivity index (χ4n) is 0.848. The number of methoxy groups -OCH3 is 1. The van der Waals surface area contributed by atoms with Crippen LogP contribution >= 0.6 is 0 Å². The van der Waals surface area contributed by atoms with Gasteiger partial charge in [-0.05, 0) is 19.1 Å². The summed E-state index contributed by atoms with van der Waals surface area (Å²) in [7, 11) is 1.50. The van der Waals surface area contributed by atoms with Gasteiger partial charge in [-0.3, -0.25) is 4.79 Å². The van der Waals surface area contributed by atoms with Crippen molar-refractivity contribution in [2.75, 3.05) is 13.7 Å². The van der Waals surface area contributed by atoms with Crippen LogP contribution in [0.4, 0.5) is 0 Å². The van der Waals surface area contributed by atoms with E-state index in [-0.39, 0.29) is 6.61 Å². The van der Waals surface area contributed by atoms with Crippen LogP contribution in [0.15, 0.2) is 24.3 Å². The van der Waals surface area contributed by atoms with Gasteiger partial charge >= 0.3 is 0 Å². The number of benzene rings is 1. The largest absolute Gasteiger partial charge is 0.496 e. The number of hydrogen-bond donors (Lipinski definition) is 2. The molecule has 78 valence electrons. The van der Waals surface area contributed by atoms with Crippen molar-refractivity contribution < 1.29 is 14.6 Å². The van der Waals surface area contributed by atoms with Crippen molar-refractivity contribution in [2.24, 2.45) is 5.73 Å². The quantitative estimate of drug-likeness (QED) is 0.736. The lowest BCUT2D eigenvalue weighted by atomic mass is 10.2. The van der Waals surface area contributed by atoms with E-state index < -0.39 is 5.91 Å². The Kier molecular flexibility index (Phi) is 6.15. The predicted octanol–water partition coefficient (Wildman–Crippen LogP) is 0.793. The molecule has 1 amide bonds.